The van der Waals surface area contributed by atoms with Gasteiger partial charge in [-0.15, -0.1) is 0 Å². The summed E-state index contributed by atoms with van der Waals surface area (Å²) < 4.78 is 2.50. The molecule has 0 atom stereocenters. The average molecular weight is 333 g/mol. The van der Waals surface area contributed by atoms with Crippen molar-refractivity contribution in [1.29, 1.82) is 0 Å². The van der Waals surface area contributed by atoms with Gasteiger partial charge in [0.15, 0.2) is 11.9 Å². The highest BCUT2D eigenvalue weighted by molar-refractivity contribution is 4.97. The fraction of sp³-hybridized carbons (Fsp3) is 0.783. The third-order valence-corrected chi connectivity index (χ3v) is 5.07. The van der Waals surface area contributed by atoms with Gasteiger partial charge in [0.1, 0.15) is 6.54 Å². The zero-order valence-corrected chi connectivity index (χ0v) is 16.6. The predicted octanol–water partition coefficient (Wildman–Crippen LogP) is 7.02. The van der Waals surface area contributed by atoms with Crippen LogP contribution in [0.3, 0.4) is 0 Å². The Morgan fingerprint density at radius 1 is 0.625 bits per heavy atom. The molecule has 24 heavy (non-hydrogen) atoms. The Balaban J connectivity index is 2.07. The second-order valence-corrected chi connectivity index (χ2v) is 7.38. The summed E-state index contributed by atoms with van der Waals surface area (Å²) in [6.45, 7) is 5.79. The minimum atomic E-state index is 1.21. The SMILES string of the molecule is CCCCCCCCCCCC[n+]1ccccc1CCCCCC. The van der Waals surface area contributed by atoms with Crippen molar-refractivity contribution in [2.75, 3.05) is 0 Å². The second-order valence-electron chi connectivity index (χ2n) is 7.38. The lowest BCUT2D eigenvalue weighted by molar-refractivity contribution is -0.704. The molecule has 0 saturated carbocycles. The second kappa shape index (κ2) is 15.7. The van der Waals surface area contributed by atoms with E-state index in [0.29, 0.717) is 0 Å². The van der Waals surface area contributed by atoms with E-state index >= 15 is 0 Å². The monoisotopic (exact) mass is 332 g/mol. The first-order valence-corrected chi connectivity index (χ1v) is 10.9. The number of hydrogen-bond donors (Lipinski definition) is 0. The zero-order chi connectivity index (χ0) is 17.3. The van der Waals surface area contributed by atoms with Crippen LogP contribution in [-0.4, -0.2) is 0 Å². The van der Waals surface area contributed by atoms with E-state index in [-0.39, 0.29) is 0 Å². The van der Waals surface area contributed by atoms with Gasteiger partial charge < -0.3 is 0 Å². The minimum Gasteiger partial charge on any atom is -0.202 e. The Morgan fingerprint density at radius 3 is 1.79 bits per heavy atom. The molecule has 0 spiro atoms. The number of aryl methyl sites for hydroxylation is 2. The van der Waals surface area contributed by atoms with Crippen molar-refractivity contribution < 1.29 is 4.57 Å². The quantitative estimate of drug-likeness (QED) is 0.226. The minimum absolute atomic E-state index is 1.21. The van der Waals surface area contributed by atoms with E-state index in [4.69, 9.17) is 0 Å². The average Bonchev–Trinajstić information content (AvgIpc) is 2.61. The van der Waals surface area contributed by atoms with E-state index in [0.717, 1.165) is 0 Å². The maximum Gasteiger partial charge on any atom is 0.181 e. The first kappa shape index (κ1) is 21.2. The first-order valence-electron chi connectivity index (χ1n) is 10.9. The lowest BCUT2D eigenvalue weighted by atomic mass is 10.1. The maximum atomic E-state index is 2.50. The van der Waals surface area contributed by atoms with Gasteiger partial charge in [-0.05, 0) is 12.8 Å². The van der Waals surface area contributed by atoms with Crippen LogP contribution < -0.4 is 4.57 Å². The van der Waals surface area contributed by atoms with Crippen molar-refractivity contribution in [2.45, 2.75) is 117 Å². The van der Waals surface area contributed by atoms with Gasteiger partial charge in [-0.1, -0.05) is 90.5 Å². The van der Waals surface area contributed by atoms with E-state index in [9.17, 15) is 0 Å². The Morgan fingerprint density at radius 2 is 1.17 bits per heavy atom. The molecule has 1 heterocycles. The first-order chi connectivity index (χ1) is 11.9. The summed E-state index contributed by atoms with van der Waals surface area (Å²) in [6, 6.07) is 6.71. The van der Waals surface area contributed by atoms with Gasteiger partial charge in [-0.2, -0.15) is 0 Å². The van der Waals surface area contributed by atoms with Gasteiger partial charge in [0.05, 0.1) is 0 Å². The summed E-state index contributed by atoms with van der Waals surface area (Å²) in [6.07, 6.45) is 23.1. The fourth-order valence-corrected chi connectivity index (χ4v) is 3.46. The number of hydrogen-bond acceptors (Lipinski definition) is 0. The van der Waals surface area contributed by atoms with Crippen LogP contribution in [0.1, 0.15) is 109 Å². The number of unbranched alkanes of at least 4 members (excludes halogenated alkanes) is 12. The molecule has 0 N–H and O–H groups in total. The van der Waals surface area contributed by atoms with E-state index in [1.165, 1.54) is 109 Å². The van der Waals surface area contributed by atoms with Crippen molar-refractivity contribution in [3.8, 4) is 0 Å². The molecule has 0 amide bonds. The van der Waals surface area contributed by atoms with Crippen LogP contribution in [0, 0.1) is 0 Å². The molecule has 0 aliphatic heterocycles. The number of rotatable bonds is 16. The third kappa shape index (κ3) is 10.8. The van der Waals surface area contributed by atoms with Crippen molar-refractivity contribution in [2.24, 2.45) is 0 Å². The molecule has 1 aromatic rings. The van der Waals surface area contributed by atoms with Gasteiger partial charge in [0.2, 0.25) is 0 Å². The molecule has 0 aliphatic carbocycles. The summed E-state index contributed by atoms with van der Waals surface area (Å²) in [5, 5.41) is 0. The van der Waals surface area contributed by atoms with E-state index in [1.54, 1.807) is 0 Å². The third-order valence-electron chi connectivity index (χ3n) is 5.07. The van der Waals surface area contributed by atoms with Crippen molar-refractivity contribution in [3.63, 3.8) is 0 Å². The van der Waals surface area contributed by atoms with Gasteiger partial charge in [0.25, 0.3) is 0 Å². The van der Waals surface area contributed by atoms with Crippen LogP contribution >= 0.6 is 0 Å². The van der Waals surface area contributed by atoms with E-state index < -0.39 is 0 Å². The highest BCUT2D eigenvalue weighted by Crippen LogP contribution is 2.11. The Hall–Kier alpha value is -0.850. The molecule has 1 rings (SSSR count). The van der Waals surface area contributed by atoms with Crippen molar-refractivity contribution in [3.05, 3.63) is 30.1 Å². The zero-order valence-electron chi connectivity index (χ0n) is 16.6. The standard InChI is InChI=1S/C23H42N/c1-3-5-7-9-10-11-12-13-14-17-21-24-22-18-16-20-23(24)19-15-8-6-4-2/h16,18,20,22H,3-15,17,19,21H2,1-2H3/q+1. The van der Waals surface area contributed by atoms with Crippen LogP contribution in [-0.2, 0) is 13.0 Å². The molecule has 0 fully saturated rings. The smallest absolute Gasteiger partial charge is 0.181 e. The van der Waals surface area contributed by atoms with Gasteiger partial charge in [-0.25, -0.2) is 4.57 Å². The van der Waals surface area contributed by atoms with Crippen LogP contribution in [0.5, 0.6) is 0 Å². The summed E-state index contributed by atoms with van der Waals surface area (Å²) in [5.41, 5.74) is 1.53. The summed E-state index contributed by atoms with van der Waals surface area (Å²) in [5.74, 6) is 0. The van der Waals surface area contributed by atoms with Crippen LogP contribution in [0.4, 0.5) is 0 Å². The van der Waals surface area contributed by atoms with Crippen LogP contribution in [0.2, 0.25) is 0 Å². The number of aromatic nitrogens is 1. The maximum absolute atomic E-state index is 2.50. The molecular weight excluding hydrogens is 290 g/mol. The van der Waals surface area contributed by atoms with E-state index in [2.05, 4.69) is 42.8 Å². The van der Waals surface area contributed by atoms with Gasteiger partial charge >= 0.3 is 0 Å². The van der Waals surface area contributed by atoms with Crippen molar-refractivity contribution >= 4 is 0 Å². The molecule has 1 aromatic heterocycles. The lowest BCUT2D eigenvalue weighted by Crippen LogP contribution is -2.37. The molecule has 1 nitrogen and oxygen atoms in total. The van der Waals surface area contributed by atoms with Crippen molar-refractivity contribution in [1.82, 2.24) is 0 Å². The fourth-order valence-electron chi connectivity index (χ4n) is 3.46. The molecule has 0 unspecified atom stereocenters. The largest absolute Gasteiger partial charge is 0.202 e. The van der Waals surface area contributed by atoms with Gasteiger partial charge in [0, 0.05) is 25.0 Å². The topological polar surface area (TPSA) is 3.88 Å². The molecule has 138 valence electrons. The Kier molecular flexibility index (Phi) is 13.8. The number of pyridine rings is 1. The molecule has 0 bridgehead atoms. The molecule has 0 saturated heterocycles. The molecule has 1 heteroatoms. The van der Waals surface area contributed by atoms with Crippen LogP contribution in [0.15, 0.2) is 24.4 Å². The molecule has 0 aromatic carbocycles. The van der Waals surface area contributed by atoms with Gasteiger partial charge in [-0.3, -0.25) is 0 Å². The number of nitrogens with zero attached hydrogens (tertiary/aromatic N) is 1. The van der Waals surface area contributed by atoms with Crippen LogP contribution in [0.25, 0.3) is 0 Å². The normalized spacial score (nSPS) is 11.1. The summed E-state index contributed by atoms with van der Waals surface area (Å²) >= 11 is 0. The molecule has 0 aliphatic rings. The Bertz CT molecular complexity index is 385. The highest BCUT2D eigenvalue weighted by Gasteiger charge is 2.08. The predicted molar refractivity (Wildman–Crippen MR) is 106 cm³/mol. The lowest BCUT2D eigenvalue weighted by Gasteiger charge is -2.05. The molecule has 0 radical (unpaired) electrons. The highest BCUT2D eigenvalue weighted by atomic mass is 14.9. The molecular formula is C23H42N+. The Labute approximate surface area is 151 Å². The van der Waals surface area contributed by atoms with E-state index in [1.807, 2.05) is 0 Å². The summed E-state index contributed by atoms with van der Waals surface area (Å²) in [4.78, 5) is 0. The summed E-state index contributed by atoms with van der Waals surface area (Å²) in [7, 11) is 0.